The van der Waals surface area contributed by atoms with Gasteiger partial charge in [-0.05, 0) is 25.3 Å². The number of carbonyl (C=O) groups is 1. The van der Waals surface area contributed by atoms with Gasteiger partial charge in [0.15, 0.2) is 5.72 Å². The van der Waals surface area contributed by atoms with E-state index in [4.69, 9.17) is 14.2 Å². The Morgan fingerprint density at radius 2 is 1.92 bits per heavy atom. The molecule has 3 unspecified atom stereocenters. The van der Waals surface area contributed by atoms with Crippen LogP contribution in [0.25, 0.3) is 5.76 Å². The van der Waals surface area contributed by atoms with Crippen molar-refractivity contribution in [1.29, 1.82) is 0 Å². The van der Waals surface area contributed by atoms with E-state index in [-0.39, 0.29) is 23.1 Å². The first-order valence-corrected chi connectivity index (χ1v) is 12.8. The van der Waals surface area contributed by atoms with Gasteiger partial charge < -0.3 is 14.2 Å². The van der Waals surface area contributed by atoms with Crippen molar-refractivity contribution in [2.45, 2.75) is 44.2 Å². The van der Waals surface area contributed by atoms with Gasteiger partial charge in [-0.15, -0.1) is 0 Å². The van der Waals surface area contributed by atoms with Crippen LogP contribution in [0.1, 0.15) is 49.7 Å². The molecule has 36 heavy (non-hydrogen) atoms. The summed E-state index contributed by atoms with van der Waals surface area (Å²) in [4.78, 5) is 27.3. The standard InChI is InChI=1S/C28H32N2O6/c1-2-35-27(31)25-24(21-11-8-12-22(19-21)30(32)33)23-13-6-7-14-28(23,29-15-17-34-18-16-29)36-26(25)20-9-4-3-5-10-20/h3-5,8-12,19,23-24H,2,6-7,13-18H2,1H3. The first-order chi connectivity index (χ1) is 17.5. The summed E-state index contributed by atoms with van der Waals surface area (Å²) < 4.78 is 18.3. The molecule has 0 spiro atoms. The van der Waals surface area contributed by atoms with Gasteiger partial charge in [-0.25, -0.2) is 4.79 Å². The monoisotopic (exact) mass is 492 g/mol. The molecule has 190 valence electrons. The minimum Gasteiger partial charge on any atom is -0.471 e. The topological polar surface area (TPSA) is 91.1 Å². The van der Waals surface area contributed by atoms with Crippen LogP contribution in [0, 0.1) is 16.0 Å². The minimum absolute atomic E-state index is 0.0104. The van der Waals surface area contributed by atoms with Gasteiger partial charge in [-0.2, -0.15) is 0 Å². The molecule has 0 bridgehead atoms. The summed E-state index contributed by atoms with van der Waals surface area (Å²) in [5.41, 5.74) is 1.36. The highest BCUT2D eigenvalue weighted by molar-refractivity contribution is 5.98. The average molecular weight is 493 g/mol. The lowest BCUT2D eigenvalue weighted by Gasteiger charge is -2.56. The third-order valence-corrected chi connectivity index (χ3v) is 7.63. The van der Waals surface area contributed by atoms with Gasteiger partial charge in [0.05, 0.1) is 30.3 Å². The fourth-order valence-corrected chi connectivity index (χ4v) is 6.14. The van der Waals surface area contributed by atoms with E-state index in [0.29, 0.717) is 24.5 Å². The molecule has 8 nitrogen and oxygen atoms in total. The van der Waals surface area contributed by atoms with Crippen LogP contribution in [0.5, 0.6) is 0 Å². The molecule has 1 aliphatic carbocycles. The van der Waals surface area contributed by atoms with Crippen LogP contribution in [-0.2, 0) is 19.0 Å². The lowest BCUT2D eigenvalue weighted by Crippen LogP contribution is -2.63. The number of benzene rings is 2. The van der Waals surface area contributed by atoms with E-state index in [1.807, 2.05) is 36.4 Å². The van der Waals surface area contributed by atoms with Crippen molar-refractivity contribution in [3.05, 3.63) is 81.4 Å². The van der Waals surface area contributed by atoms with E-state index in [2.05, 4.69) is 4.90 Å². The van der Waals surface area contributed by atoms with Crippen LogP contribution in [0.4, 0.5) is 5.69 Å². The molecule has 5 rings (SSSR count). The maximum absolute atomic E-state index is 13.6. The van der Waals surface area contributed by atoms with E-state index in [1.54, 1.807) is 19.1 Å². The fourth-order valence-electron chi connectivity index (χ4n) is 6.14. The molecule has 0 N–H and O–H groups in total. The second-order valence-electron chi connectivity index (χ2n) is 9.56. The van der Waals surface area contributed by atoms with Gasteiger partial charge in [0, 0.05) is 49.0 Å². The lowest BCUT2D eigenvalue weighted by molar-refractivity contribution is -0.385. The number of hydrogen-bond acceptors (Lipinski definition) is 7. The summed E-state index contributed by atoms with van der Waals surface area (Å²) in [6.07, 6.45) is 3.67. The average Bonchev–Trinajstić information content (AvgIpc) is 2.93. The Balaban J connectivity index is 1.76. The molecule has 3 atom stereocenters. The summed E-state index contributed by atoms with van der Waals surface area (Å²) >= 11 is 0. The number of fused-ring (bicyclic) bond motifs is 1. The molecule has 1 saturated carbocycles. The highest BCUT2D eigenvalue weighted by Gasteiger charge is 2.57. The number of nitro benzene ring substituents is 1. The van der Waals surface area contributed by atoms with Crippen LogP contribution >= 0.6 is 0 Å². The Hall–Kier alpha value is -3.23. The predicted molar refractivity (Wildman–Crippen MR) is 134 cm³/mol. The lowest BCUT2D eigenvalue weighted by atomic mass is 9.65. The van der Waals surface area contributed by atoms with Crippen LogP contribution in [0.2, 0.25) is 0 Å². The van der Waals surface area contributed by atoms with Gasteiger partial charge in [-0.1, -0.05) is 48.9 Å². The predicted octanol–water partition coefficient (Wildman–Crippen LogP) is 4.90. The van der Waals surface area contributed by atoms with Crippen molar-refractivity contribution in [3.8, 4) is 0 Å². The molecule has 0 amide bonds. The molecule has 3 aliphatic rings. The number of hydrogen-bond donors (Lipinski definition) is 0. The fraction of sp³-hybridized carbons (Fsp3) is 0.464. The molecule has 2 heterocycles. The van der Waals surface area contributed by atoms with E-state index in [0.717, 1.165) is 49.9 Å². The number of esters is 1. The summed E-state index contributed by atoms with van der Waals surface area (Å²) in [7, 11) is 0. The maximum Gasteiger partial charge on any atom is 0.338 e. The number of nitro groups is 1. The SMILES string of the molecule is CCOC(=O)C1=C(c2ccccc2)OC2(N3CCOCC3)CCCCC2C1c1cccc([N+](=O)[O-])c1. The van der Waals surface area contributed by atoms with Crippen LogP contribution in [-0.4, -0.2) is 54.4 Å². The number of ether oxygens (including phenoxy) is 3. The second kappa shape index (κ2) is 10.4. The Labute approximate surface area is 211 Å². The number of carbonyl (C=O) groups excluding carboxylic acids is 1. The third-order valence-electron chi connectivity index (χ3n) is 7.63. The van der Waals surface area contributed by atoms with E-state index in [1.165, 1.54) is 6.07 Å². The molecular weight excluding hydrogens is 460 g/mol. The third kappa shape index (κ3) is 4.40. The molecule has 2 fully saturated rings. The smallest absolute Gasteiger partial charge is 0.338 e. The number of nitrogens with zero attached hydrogens (tertiary/aromatic N) is 2. The van der Waals surface area contributed by atoms with Gasteiger partial charge in [-0.3, -0.25) is 15.0 Å². The van der Waals surface area contributed by atoms with Crippen molar-refractivity contribution in [2.75, 3.05) is 32.9 Å². The summed E-state index contributed by atoms with van der Waals surface area (Å²) in [5.74, 6) is -0.404. The quantitative estimate of drug-likeness (QED) is 0.322. The molecule has 0 radical (unpaired) electrons. The number of rotatable bonds is 6. The molecule has 2 aromatic carbocycles. The molecule has 2 aliphatic heterocycles. The zero-order valence-corrected chi connectivity index (χ0v) is 20.6. The molecule has 8 heteroatoms. The Morgan fingerprint density at radius 3 is 2.64 bits per heavy atom. The van der Waals surface area contributed by atoms with Gasteiger partial charge >= 0.3 is 5.97 Å². The molecule has 1 saturated heterocycles. The Kier molecular flexibility index (Phi) is 7.07. The Morgan fingerprint density at radius 1 is 1.14 bits per heavy atom. The van der Waals surface area contributed by atoms with Crippen LogP contribution < -0.4 is 0 Å². The maximum atomic E-state index is 13.6. The summed E-state index contributed by atoms with van der Waals surface area (Å²) in [6, 6.07) is 16.3. The van der Waals surface area contributed by atoms with Crippen molar-refractivity contribution >= 4 is 17.4 Å². The van der Waals surface area contributed by atoms with E-state index in [9.17, 15) is 14.9 Å². The normalized spacial score (nSPS) is 26.6. The van der Waals surface area contributed by atoms with Gasteiger partial charge in [0.25, 0.3) is 5.69 Å². The van der Waals surface area contributed by atoms with Crippen LogP contribution in [0.3, 0.4) is 0 Å². The Bertz CT molecular complexity index is 1140. The van der Waals surface area contributed by atoms with Gasteiger partial charge in [0.2, 0.25) is 0 Å². The molecular formula is C28H32N2O6. The number of morpholine rings is 1. The first kappa shape index (κ1) is 24.5. The first-order valence-electron chi connectivity index (χ1n) is 12.8. The van der Waals surface area contributed by atoms with Crippen LogP contribution in [0.15, 0.2) is 60.2 Å². The van der Waals surface area contributed by atoms with Crippen molar-refractivity contribution in [3.63, 3.8) is 0 Å². The van der Waals surface area contributed by atoms with E-state index < -0.39 is 17.6 Å². The van der Waals surface area contributed by atoms with Crippen molar-refractivity contribution in [2.24, 2.45) is 5.92 Å². The second-order valence-corrected chi connectivity index (χ2v) is 9.56. The zero-order chi connectivity index (χ0) is 25.1. The summed E-state index contributed by atoms with van der Waals surface area (Å²) in [5, 5.41) is 11.7. The zero-order valence-electron chi connectivity index (χ0n) is 20.6. The van der Waals surface area contributed by atoms with Crippen molar-refractivity contribution < 1.29 is 23.9 Å². The minimum atomic E-state index is -0.640. The summed E-state index contributed by atoms with van der Waals surface area (Å²) in [6.45, 7) is 4.71. The van der Waals surface area contributed by atoms with Gasteiger partial charge in [0.1, 0.15) is 5.76 Å². The molecule has 0 aromatic heterocycles. The number of non-ortho nitro benzene ring substituents is 1. The largest absolute Gasteiger partial charge is 0.471 e. The highest BCUT2D eigenvalue weighted by atomic mass is 16.6. The highest BCUT2D eigenvalue weighted by Crippen LogP contribution is 2.56. The van der Waals surface area contributed by atoms with E-state index >= 15 is 0 Å². The van der Waals surface area contributed by atoms with Crippen molar-refractivity contribution in [1.82, 2.24) is 4.90 Å². The molecule has 2 aromatic rings.